The van der Waals surface area contributed by atoms with Crippen molar-refractivity contribution in [2.24, 2.45) is 0 Å². The summed E-state index contributed by atoms with van der Waals surface area (Å²) in [4.78, 5) is 5.76. The number of pyridine rings is 1. The van der Waals surface area contributed by atoms with Gasteiger partial charge in [-0.25, -0.2) is 4.21 Å². The summed E-state index contributed by atoms with van der Waals surface area (Å²) in [5, 5.41) is 3.68. The molecule has 0 N–H and O–H groups in total. The van der Waals surface area contributed by atoms with Crippen LogP contribution in [0.1, 0.15) is 4.88 Å². The molecule has 2 aromatic heterocycles. The SMILES string of the molecule is O=S(/C=C/c1cccs1)c1cccnc1. The summed E-state index contributed by atoms with van der Waals surface area (Å²) >= 11 is 1.62. The summed E-state index contributed by atoms with van der Waals surface area (Å²) in [6.07, 6.45) is 5.16. The molecule has 76 valence electrons. The van der Waals surface area contributed by atoms with Crippen LogP contribution in [0.15, 0.2) is 52.3 Å². The molecule has 0 aliphatic heterocycles. The zero-order chi connectivity index (χ0) is 10.5. The first-order valence-electron chi connectivity index (χ1n) is 4.38. The van der Waals surface area contributed by atoms with Crippen molar-refractivity contribution in [3.05, 3.63) is 52.3 Å². The third kappa shape index (κ3) is 2.84. The van der Waals surface area contributed by atoms with Gasteiger partial charge in [-0.15, -0.1) is 11.3 Å². The Morgan fingerprint density at radius 1 is 1.33 bits per heavy atom. The number of aromatic nitrogens is 1. The maximum absolute atomic E-state index is 11.7. The Morgan fingerprint density at radius 3 is 2.93 bits per heavy atom. The predicted octanol–water partition coefficient (Wildman–Crippen LogP) is 2.92. The highest BCUT2D eigenvalue weighted by Crippen LogP contribution is 2.12. The van der Waals surface area contributed by atoms with Crippen molar-refractivity contribution in [1.82, 2.24) is 4.98 Å². The number of nitrogens with zero attached hydrogens (tertiary/aromatic N) is 1. The van der Waals surface area contributed by atoms with E-state index in [0.717, 1.165) is 9.77 Å². The molecule has 0 aliphatic rings. The number of rotatable bonds is 3. The average Bonchev–Trinajstić information content (AvgIpc) is 2.80. The lowest BCUT2D eigenvalue weighted by Gasteiger charge is -1.93. The first kappa shape index (κ1) is 10.3. The lowest BCUT2D eigenvalue weighted by atomic mass is 10.5. The minimum absolute atomic E-state index is 0.727. The molecular formula is C11H9NOS2. The minimum atomic E-state index is -1.10. The lowest BCUT2D eigenvalue weighted by Crippen LogP contribution is -1.86. The van der Waals surface area contributed by atoms with Gasteiger partial charge in [0.05, 0.1) is 15.7 Å². The largest absolute Gasteiger partial charge is 0.263 e. The summed E-state index contributed by atoms with van der Waals surface area (Å²) in [5.74, 6) is 0. The highest BCUT2D eigenvalue weighted by atomic mass is 32.2. The summed E-state index contributed by atoms with van der Waals surface area (Å²) < 4.78 is 11.7. The first-order valence-corrected chi connectivity index (χ1v) is 6.48. The van der Waals surface area contributed by atoms with E-state index in [1.807, 2.05) is 29.7 Å². The van der Waals surface area contributed by atoms with Gasteiger partial charge in [0.25, 0.3) is 0 Å². The van der Waals surface area contributed by atoms with E-state index < -0.39 is 10.8 Å². The van der Waals surface area contributed by atoms with Crippen molar-refractivity contribution < 1.29 is 4.21 Å². The molecule has 15 heavy (non-hydrogen) atoms. The maximum Gasteiger partial charge on any atom is 0.0792 e. The van der Waals surface area contributed by atoms with Gasteiger partial charge in [0.2, 0.25) is 0 Å². The van der Waals surface area contributed by atoms with Crippen LogP contribution in [0.3, 0.4) is 0 Å². The number of thiophene rings is 1. The molecule has 2 aromatic rings. The fourth-order valence-electron chi connectivity index (χ4n) is 1.06. The van der Waals surface area contributed by atoms with E-state index in [2.05, 4.69) is 4.98 Å². The summed E-state index contributed by atoms with van der Waals surface area (Å²) in [7, 11) is -1.10. The molecule has 4 heteroatoms. The van der Waals surface area contributed by atoms with Gasteiger partial charge in [0.1, 0.15) is 0 Å². The average molecular weight is 235 g/mol. The van der Waals surface area contributed by atoms with Crippen LogP contribution in [0.2, 0.25) is 0 Å². The highest BCUT2D eigenvalue weighted by Gasteiger charge is 1.97. The second kappa shape index (κ2) is 5.00. The molecule has 2 rings (SSSR count). The third-order valence-corrected chi connectivity index (χ3v) is 3.69. The molecule has 0 saturated carbocycles. The first-order chi connectivity index (χ1) is 7.36. The molecule has 1 atom stereocenters. The van der Waals surface area contributed by atoms with E-state index in [1.165, 1.54) is 0 Å². The Balaban J connectivity index is 2.11. The predicted molar refractivity (Wildman–Crippen MR) is 64.0 cm³/mol. The van der Waals surface area contributed by atoms with Crippen LogP contribution in [0.5, 0.6) is 0 Å². The molecular weight excluding hydrogens is 226 g/mol. The Labute approximate surface area is 94.8 Å². The van der Waals surface area contributed by atoms with Gasteiger partial charge < -0.3 is 0 Å². The molecule has 1 unspecified atom stereocenters. The fourth-order valence-corrected chi connectivity index (χ4v) is 2.57. The molecule has 0 radical (unpaired) electrons. The zero-order valence-corrected chi connectivity index (χ0v) is 9.50. The van der Waals surface area contributed by atoms with E-state index in [9.17, 15) is 4.21 Å². The standard InChI is InChI=1S/C11H9NOS2/c13-15(11-4-1-6-12-9-11)8-5-10-3-2-7-14-10/h1-9H/b8-5+. The van der Waals surface area contributed by atoms with Crippen LogP contribution in [0, 0.1) is 0 Å². The van der Waals surface area contributed by atoms with E-state index in [1.54, 1.807) is 35.2 Å². The Kier molecular flexibility index (Phi) is 3.42. The van der Waals surface area contributed by atoms with Crippen LogP contribution in [0.25, 0.3) is 6.08 Å². The van der Waals surface area contributed by atoms with Crippen molar-refractivity contribution in [3.63, 3.8) is 0 Å². The maximum atomic E-state index is 11.7. The topological polar surface area (TPSA) is 30.0 Å². The Hall–Kier alpha value is -1.26. The number of hydrogen-bond donors (Lipinski definition) is 0. The zero-order valence-electron chi connectivity index (χ0n) is 7.87. The lowest BCUT2D eigenvalue weighted by molar-refractivity contribution is 0.688. The third-order valence-electron chi connectivity index (χ3n) is 1.77. The molecule has 0 aromatic carbocycles. The minimum Gasteiger partial charge on any atom is -0.263 e. The van der Waals surface area contributed by atoms with Crippen LogP contribution >= 0.6 is 11.3 Å². The van der Waals surface area contributed by atoms with Gasteiger partial charge in [0, 0.05) is 22.7 Å². The Bertz CT molecular complexity index is 463. The quantitative estimate of drug-likeness (QED) is 0.818. The number of hydrogen-bond acceptors (Lipinski definition) is 3. The van der Waals surface area contributed by atoms with E-state index in [-0.39, 0.29) is 0 Å². The van der Waals surface area contributed by atoms with E-state index >= 15 is 0 Å². The van der Waals surface area contributed by atoms with E-state index in [4.69, 9.17) is 0 Å². The molecule has 0 fully saturated rings. The molecule has 2 nitrogen and oxygen atoms in total. The highest BCUT2D eigenvalue weighted by molar-refractivity contribution is 7.88. The molecule has 2 heterocycles. The van der Waals surface area contributed by atoms with Crippen molar-refractivity contribution >= 4 is 28.2 Å². The second-order valence-corrected chi connectivity index (χ2v) is 5.12. The Morgan fingerprint density at radius 2 is 2.27 bits per heavy atom. The molecule has 0 bridgehead atoms. The van der Waals surface area contributed by atoms with Gasteiger partial charge in [0.15, 0.2) is 0 Å². The summed E-state index contributed by atoms with van der Waals surface area (Å²) in [6, 6.07) is 7.55. The molecule has 0 aliphatic carbocycles. The van der Waals surface area contributed by atoms with E-state index in [0.29, 0.717) is 0 Å². The van der Waals surface area contributed by atoms with Crippen molar-refractivity contribution in [2.45, 2.75) is 4.90 Å². The fraction of sp³-hybridized carbons (Fsp3) is 0. The van der Waals surface area contributed by atoms with Gasteiger partial charge in [-0.1, -0.05) is 6.07 Å². The van der Waals surface area contributed by atoms with Crippen LogP contribution in [0.4, 0.5) is 0 Å². The van der Waals surface area contributed by atoms with Crippen LogP contribution in [-0.4, -0.2) is 9.19 Å². The van der Waals surface area contributed by atoms with Gasteiger partial charge >= 0.3 is 0 Å². The summed E-state index contributed by atoms with van der Waals surface area (Å²) in [5.41, 5.74) is 0. The molecule has 0 saturated heterocycles. The summed E-state index contributed by atoms with van der Waals surface area (Å²) in [6.45, 7) is 0. The smallest absolute Gasteiger partial charge is 0.0792 e. The molecule has 0 amide bonds. The normalized spacial score (nSPS) is 13.1. The second-order valence-electron chi connectivity index (χ2n) is 2.80. The van der Waals surface area contributed by atoms with Crippen LogP contribution < -0.4 is 0 Å². The van der Waals surface area contributed by atoms with Crippen molar-refractivity contribution in [3.8, 4) is 0 Å². The van der Waals surface area contributed by atoms with Gasteiger partial charge in [-0.3, -0.25) is 4.98 Å². The monoisotopic (exact) mass is 235 g/mol. The van der Waals surface area contributed by atoms with Crippen molar-refractivity contribution in [2.75, 3.05) is 0 Å². The van der Waals surface area contributed by atoms with Gasteiger partial charge in [-0.2, -0.15) is 0 Å². The molecule has 0 spiro atoms. The van der Waals surface area contributed by atoms with Crippen LogP contribution in [-0.2, 0) is 10.8 Å². The van der Waals surface area contributed by atoms with Crippen molar-refractivity contribution in [1.29, 1.82) is 0 Å². The van der Waals surface area contributed by atoms with Gasteiger partial charge in [-0.05, 0) is 29.7 Å².